The van der Waals surface area contributed by atoms with Crippen molar-refractivity contribution in [2.24, 2.45) is 5.92 Å². The van der Waals surface area contributed by atoms with Gasteiger partial charge in [0.25, 0.3) is 0 Å². The highest BCUT2D eigenvalue weighted by atomic mass is 16.5. The first-order valence-corrected chi connectivity index (χ1v) is 8.40. The maximum atomic E-state index is 12.1. The first kappa shape index (κ1) is 15.3. The Balaban J connectivity index is 1.50. The normalized spacial score (nSPS) is 19.9. The summed E-state index contributed by atoms with van der Waals surface area (Å²) in [5.41, 5.74) is 0.790. The van der Waals surface area contributed by atoms with Gasteiger partial charge in [-0.1, -0.05) is 19.3 Å². The number of hydrogen-bond donors (Lipinski definition) is 1. The lowest BCUT2D eigenvalue weighted by atomic mass is 9.87. The molecular weight excluding hydrogens is 278 g/mol. The Morgan fingerprint density at radius 1 is 1.23 bits per heavy atom. The van der Waals surface area contributed by atoms with Gasteiger partial charge in [-0.25, -0.2) is 4.98 Å². The maximum absolute atomic E-state index is 12.1. The number of amides is 1. The lowest BCUT2D eigenvalue weighted by Gasteiger charge is -2.27. The molecule has 0 unspecified atom stereocenters. The van der Waals surface area contributed by atoms with Gasteiger partial charge >= 0.3 is 0 Å². The Morgan fingerprint density at radius 2 is 2.00 bits per heavy atom. The molecule has 1 aliphatic carbocycles. The number of morpholine rings is 1. The molecule has 22 heavy (non-hydrogen) atoms. The first-order chi connectivity index (χ1) is 10.8. The fourth-order valence-corrected chi connectivity index (χ4v) is 3.30. The van der Waals surface area contributed by atoms with Crippen LogP contribution in [0.15, 0.2) is 18.3 Å². The van der Waals surface area contributed by atoms with E-state index in [9.17, 15) is 4.79 Å². The predicted molar refractivity (Wildman–Crippen MR) is 87.1 cm³/mol. The molecule has 120 valence electrons. The minimum atomic E-state index is 0.118. The zero-order valence-electron chi connectivity index (χ0n) is 13.1. The molecule has 1 saturated heterocycles. The van der Waals surface area contributed by atoms with Gasteiger partial charge in [0.15, 0.2) is 0 Å². The van der Waals surface area contributed by atoms with E-state index in [2.05, 4.69) is 15.2 Å². The molecule has 0 spiro atoms. The van der Waals surface area contributed by atoms with E-state index >= 15 is 0 Å². The second kappa shape index (κ2) is 7.58. The molecule has 1 saturated carbocycles. The van der Waals surface area contributed by atoms with E-state index in [1.165, 1.54) is 32.1 Å². The Labute approximate surface area is 132 Å². The number of nitrogens with one attached hydrogen (secondary N) is 1. The van der Waals surface area contributed by atoms with E-state index in [1.54, 1.807) is 6.20 Å². The molecule has 1 aromatic rings. The third-order valence-corrected chi connectivity index (χ3v) is 4.57. The molecule has 1 aromatic heterocycles. The number of hydrogen-bond acceptors (Lipinski definition) is 4. The van der Waals surface area contributed by atoms with E-state index in [0.29, 0.717) is 12.3 Å². The Morgan fingerprint density at radius 3 is 2.68 bits per heavy atom. The van der Waals surface area contributed by atoms with Crippen molar-refractivity contribution in [3.63, 3.8) is 0 Å². The molecule has 0 atom stereocenters. The third-order valence-electron chi connectivity index (χ3n) is 4.57. The largest absolute Gasteiger partial charge is 0.378 e. The smallest absolute Gasteiger partial charge is 0.224 e. The highest BCUT2D eigenvalue weighted by Gasteiger charge is 2.17. The van der Waals surface area contributed by atoms with Gasteiger partial charge in [0, 0.05) is 19.5 Å². The summed E-state index contributed by atoms with van der Waals surface area (Å²) in [6.07, 6.45) is 8.66. The summed E-state index contributed by atoms with van der Waals surface area (Å²) in [7, 11) is 0. The molecule has 1 aliphatic heterocycles. The molecule has 0 radical (unpaired) electrons. The van der Waals surface area contributed by atoms with Gasteiger partial charge < -0.3 is 15.0 Å². The molecular formula is C17H25N3O2. The molecule has 2 aliphatic rings. The number of rotatable bonds is 4. The van der Waals surface area contributed by atoms with Crippen molar-refractivity contribution in [1.29, 1.82) is 0 Å². The second-order valence-corrected chi connectivity index (χ2v) is 6.26. The molecule has 1 amide bonds. The van der Waals surface area contributed by atoms with Crippen molar-refractivity contribution in [2.45, 2.75) is 38.5 Å². The van der Waals surface area contributed by atoms with Crippen molar-refractivity contribution in [1.82, 2.24) is 4.98 Å². The van der Waals surface area contributed by atoms with Crippen LogP contribution in [-0.2, 0) is 9.53 Å². The van der Waals surface area contributed by atoms with Crippen molar-refractivity contribution >= 4 is 17.4 Å². The van der Waals surface area contributed by atoms with Crippen LogP contribution in [0.1, 0.15) is 38.5 Å². The van der Waals surface area contributed by atoms with Crippen LogP contribution in [0.4, 0.5) is 11.5 Å². The zero-order chi connectivity index (χ0) is 15.2. The van der Waals surface area contributed by atoms with Gasteiger partial charge in [-0.05, 0) is 30.9 Å². The standard InChI is InChI=1S/C17H25N3O2/c21-17(12-14-4-2-1-3-5-14)19-15-6-7-16(18-13-15)20-8-10-22-11-9-20/h6-7,13-14H,1-5,8-12H2,(H,19,21). The topological polar surface area (TPSA) is 54.5 Å². The van der Waals surface area contributed by atoms with Crippen LogP contribution in [0.2, 0.25) is 0 Å². The van der Waals surface area contributed by atoms with Crippen LogP contribution >= 0.6 is 0 Å². The summed E-state index contributed by atoms with van der Waals surface area (Å²) >= 11 is 0. The van der Waals surface area contributed by atoms with Gasteiger partial charge in [-0.15, -0.1) is 0 Å². The quantitative estimate of drug-likeness (QED) is 0.929. The summed E-state index contributed by atoms with van der Waals surface area (Å²) in [6, 6.07) is 3.91. The van der Waals surface area contributed by atoms with E-state index in [4.69, 9.17) is 4.74 Å². The summed E-state index contributed by atoms with van der Waals surface area (Å²) in [5, 5.41) is 2.97. The van der Waals surface area contributed by atoms with Crippen molar-refractivity contribution in [3.05, 3.63) is 18.3 Å². The number of nitrogens with zero attached hydrogens (tertiary/aromatic N) is 2. The third kappa shape index (κ3) is 4.19. The van der Waals surface area contributed by atoms with Crippen LogP contribution in [0.25, 0.3) is 0 Å². The minimum absolute atomic E-state index is 0.118. The summed E-state index contributed by atoms with van der Waals surface area (Å²) < 4.78 is 5.34. The summed E-state index contributed by atoms with van der Waals surface area (Å²) in [5.74, 6) is 1.63. The van der Waals surface area contributed by atoms with Gasteiger partial charge in [-0.3, -0.25) is 4.79 Å². The Hall–Kier alpha value is -1.62. The van der Waals surface area contributed by atoms with E-state index < -0.39 is 0 Å². The molecule has 5 nitrogen and oxygen atoms in total. The molecule has 0 bridgehead atoms. The molecule has 5 heteroatoms. The number of aromatic nitrogens is 1. The molecule has 2 heterocycles. The van der Waals surface area contributed by atoms with Crippen LogP contribution in [0, 0.1) is 5.92 Å². The van der Waals surface area contributed by atoms with Gasteiger partial charge in [-0.2, -0.15) is 0 Å². The Bertz CT molecular complexity index is 477. The molecule has 0 aromatic carbocycles. The van der Waals surface area contributed by atoms with Crippen LogP contribution < -0.4 is 10.2 Å². The number of pyridine rings is 1. The average molecular weight is 303 g/mol. The number of anilines is 2. The van der Waals surface area contributed by atoms with E-state index in [0.717, 1.165) is 37.8 Å². The monoisotopic (exact) mass is 303 g/mol. The van der Waals surface area contributed by atoms with Crippen molar-refractivity contribution in [3.8, 4) is 0 Å². The predicted octanol–water partition coefficient (Wildman–Crippen LogP) is 2.83. The SMILES string of the molecule is O=C(CC1CCCCC1)Nc1ccc(N2CCOCC2)nc1. The fraction of sp³-hybridized carbons (Fsp3) is 0.647. The maximum Gasteiger partial charge on any atom is 0.224 e. The van der Waals surface area contributed by atoms with Gasteiger partial charge in [0.05, 0.1) is 25.1 Å². The number of carbonyl (C=O) groups excluding carboxylic acids is 1. The van der Waals surface area contributed by atoms with Crippen molar-refractivity contribution < 1.29 is 9.53 Å². The minimum Gasteiger partial charge on any atom is -0.378 e. The van der Waals surface area contributed by atoms with Crippen molar-refractivity contribution in [2.75, 3.05) is 36.5 Å². The first-order valence-electron chi connectivity index (χ1n) is 8.40. The Kier molecular flexibility index (Phi) is 5.27. The summed E-state index contributed by atoms with van der Waals surface area (Å²) in [6.45, 7) is 3.25. The van der Waals surface area contributed by atoms with E-state index in [-0.39, 0.29) is 5.91 Å². The van der Waals surface area contributed by atoms with Crippen LogP contribution in [-0.4, -0.2) is 37.2 Å². The lowest BCUT2D eigenvalue weighted by Crippen LogP contribution is -2.36. The molecule has 3 rings (SSSR count). The second-order valence-electron chi connectivity index (χ2n) is 6.26. The van der Waals surface area contributed by atoms with Gasteiger partial charge in [0.1, 0.15) is 5.82 Å². The highest BCUT2D eigenvalue weighted by Crippen LogP contribution is 2.26. The van der Waals surface area contributed by atoms with Crippen LogP contribution in [0.5, 0.6) is 0 Å². The average Bonchev–Trinajstić information content (AvgIpc) is 2.57. The fourth-order valence-electron chi connectivity index (χ4n) is 3.30. The van der Waals surface area contributed by atoms with Crippen LogP contribution in [0.3, 0.4) is 0 Å². The van der Waals surface area contributed by atoms with Gasteiger partial charge in [0.2, 0.25) is 5.91 Å². The van der Waals surface area contributed by atoms with E-state index in [1.807, 2.05) is 12.1 Å². The number of carbonyl (C=O) groups is 1. The number of ether oxygens (including phenoxy) is 1. The highest BCUT2D eigenvalue weighted by molar-refractivity contribution is 5.90. The lowest BCUT2D eigenvalue weighted by molar-refractivity contribution is -0.117. The zero-order valence-corrected chi connectivity index (χ0v) is 13.1. The summed E-state index contributed by atoms with van der Waals surface area (Å²) in [4.78, 5) is 18.8. The molecule has 2 fully saturated rings. The molecule has 1 N–H and O–H groups in total.